The van der Waals surface area contributed by atoms with Crippen molar-refractivity contribution < 1.29 is 67.2 Å². The van der Waals surface area contributed by atoms with E-state index in [1.54, 1.807) is 27.7 Å². The van der Waals surface area contributed by atoms with Crippen LogP contribution in [0.15, 0.2) is 0 Å². The van der Waals surface area contributed by atoms with Crippen LogP contribution < -0.4 is 0 Å². The molecule has 0 aromatic carbocycles. The summed E-state index contributed by atoms with van der Waals surface area (Å²) in [6.45, 7) is 47.3. The zero-order valence-electron chi connectivity index (χ0n) is 67.8. The number of aliphatic hydroxyl groups is 3. The Hall–Kier alpha value is -1.32. The summed E-state index contributed by atoms with van der Waals surface area (Å²) in [5.74, 6) is 2.76. The van der Waals surface area contributed by atoms with E-state index < -0.39 is 49.9 Å². The van der Waals surface area contributed by atoms with Gasteiger partial charge in [0.15, 0.2) is 33.1 Å². The van der Waals surface area contributed by atoms with Gasteiger partial charge in [0.25, 0.3) is 0 Å². The van der Waals surface area contributed by atoms with Gasteiger partial charge in [0.05, 0.1) is 73.2 Å². The molecule has 0 aromatic heterocycles. The summed E-state index contributed by atoms with van der Waals surface area (Å²) in [4.78, 5) is 29.8. The van der Waals surface area contributed by atoms with Crippen LogP contribution in [-0.4, -0.2) is 182 Å². The van der Waals surface area contributed by atoms with Crippen molar-refractivity contribution >= 4 is 20.3 Å². The Kier molecular flexibility index (Phi) is 19.7. The Balaban J connectivity index is 0.000000168. The molecule has 12 aliphatic carbocycles. The highest BCUT2D eigenvalue weighted by Gasteiger charge is 2.87. The molecule has 4 spiro atoms. The number of morpholine rings is 2. The largest absolute Gasteiger partial charge is 0.457 e. The smallest absolute Gasteiger partial charge is 0.303 e. The molecule has 0 amide bonds. The van der Waals surface area contributed by atoms with Crippen LogP contribution in [0.1, 0.15) is 273 Å². The zero-order valence-corrected chi connectivity index (χ0v) is 68.8. The lowest BCUT2D eigenvalue weighted by Crippen LogP contribution is -2.61. The highest BCUT2D eigenvalue weighted by molar-refractivity contribution is 6.73. The first-order valence-electron chi connectivity index (χ1n) is 42.8. The fourth-order valence-corrected chi connectivity index (χ4v) is 33.5. The molecule has 3 N–H and O–H groups in total. The van der Waals surface area contributed by atoms with Gasteiger partial charge < -0.3 is 57.6 Å². The maximum atomic E-state index is 12.6. The van der Waals surface area contributed by atoms with Crippen molar-refractivity contribution in [1.82, 2.24) is 9.80 Å². The summed E-state index contributed by atoms with van der Waals surface area (Å²) in [6, 6.07) is 4.80. The molecule has 0 radical (unpaired) electrons. The average Bonchev–Trinajstić information content (AvgIpc) is 1.46. The lowest BCUT2D eigenvalue weighted by molar-refractivity contribution is -0.252. The monoisotopic (exact) mass is 1460 g/mol. The minimum Gasteiger partial charge on any atom is -0.457 e. The van der Waals surface area contributed by atoms with Gasteiger partial charge >= 0.3 is 11.9 Å². The Morgan fingerprint density at radius 3 is 1.32 bits per heavy atom. The van der Waals surface area contributed by atoms with E-state index in [1.807, 2.05) is 0 Å². The second-order valence-electron chi connectivity index (χ2n) is 41.8. The first-order valence-corrected chi connectivity index (χ1v) is 45.4. The second-order valence-corrected chi connectivity index (χ2v) is 46.5. The van der Waals surface area contributed by atoms with Crippen molar-refractivity contribution in [1.29, 1.82) is 0 Å². The predicted molar refractivity (Wildman–Crippen MR) is 400 cm³/mol. The summed E-state index contributed by atoms with van der Waals surface area (Å²) >= 11 is 0. The molecule has 4 aliphatic heterocycles. The number of hydrogen-bond acceptors (Lipinski definition) is 16. The average molecular weight is 1460 g/mol. The van der Waals surface area contributed by atoms with E-state index in [0.29, 0.717) is 58.2 Å². The number of esters is 2. The summed E-state index contributed by atoms with van der Waals surface area (Å²) in [6.07, 6.45) is 23.6. The fourth-order valence-electron chi connectivity index (χ4n) is 30.6. The summed E-state index contributed by atoms with van der Waals surface area (Å²) in [5, 5.41) is 35.0. The van der Waals surface area contributed by atoms with E-state index >= 15 is 0 Å². The van der Waals surface area contributed by atoms with Gasteiger partial charge in [-0.05, 0) is 265 Å². The highest BCUT2D eigenvalue weighted by Crippen LogP contribution is 2.91. The van der Waals surface area contributed by atoms with E-state index in [2.05, 4.69) is 99.8 Å². The molecule has 0 bridgehead atoms. The van der Waals surface area contributed by atoms with Crippen LogP contribution in [0.3, 0.4) is 0 Å². The van der Waals surface area contributed by atoms with Crippen molar-refractivity contribution in [3.05, 3.63) is 0 Å². The van der Waals surface area contributed by atoms with Crippen molar-refractivity contribution in [2.24, 2.45) is 101 Å². The van der Waals surface area contributed by atoms with Gasteiger partial charge in [0.1, 0.15) is 0 Å². The summed E-state index contributed by atoms with van der Waals surface area (Å²) in [5.41, 5.74) is -1.24. The molecule has 103 heavy (non-hydrogen) atoms. The number of fused-ring (bicyclic) bond motifs is 8. The lowest BCUT2D eigenvalue weighted by Gasteiger charge is -2.64. The maximum absolute atomic E-state index is 12.6. The first kappa shape index (κ1) is 77.0. The van der Waals surface area contributed by atoms with Crippen LogP contribution in [0.4, 0.5) is 0 Å². The van der Waals surface area contributed by atoms with Gasteiger partial charge in [-0.1, -0.05) is 103 Å². The van der Waals surface area contributed by atoms with Crippen LogP contribution in [0.5, 0.6) is 0 Å². The van der Waals surface area contributed by atoms with Crippen LogP contribution in [0.2, 0.25) is 18.1 Å². The second kappa shape index (κ2) is 26.4. The van der Waals surface area contributed by atoms with E-state index in [-0.39, 0.29) is 105 Å². The Labute approximate surface area is 622 Å². The fraction of sp³-hybridized carbons (Fsp3) is 0.977. The topological polar surface area (TPSA) is 184 Å². The quantitative estimate of drug-likeness (QED) is 0.0922. The third-order valence-electron chi connectivity index (χ3n) is 36.4. The molecule has 17 heteroatoms. The van der Waals surface area contributed by atoms with Gasteiger partial charge in [-0.3, -0.25) is 19.4 Å². The predicted octanol–water partition coefficient (Wildman–Crippen LogP) is 15.2. The van der Waals surface area contributed by atoms with Gasteiger partial charge in [-0.15, -0.1) is 0 Å². The van der Waals surface area contributed by atoms with E-state index in [1.165, 1.54) is 117 Å². The summed E-state index contributed by atoms with van der Waals surface area (Å²) in [7, 11) is -2.06. The molecule has 12 saturated carbocycles. The van der Waals surface area contributed by atoms with Crippen molar-refractivity contribution in [2.75, 3.05) is 39.4 Å². The number of hydrogen-bond donors (Lipinski definition) is 3. The van der Waals surface area contributed by atoms with E-state index in [4.69, 9.17) is 42.3 Å². The molecule has 586 valence electrons. The molecule has 16 fully saturated rings. The van der Waals surface area contributed by atoms with E-state index in [9.17, 15) is 24.9 Å². The van der Waals surface area contributed by atoms with Crippen molar-refractivity contribution in [2.45, 2.75) is 388 Å². The zero-order chi connectivity index (χ0) is 73.8. The standard InChI is InChI=1S/C46H79NO7Si.C40H65NO7/c1-12-55(13-2,14-3)54-40-38-37(29(4)26-32(52-38)39(42(8,9)49)51-30(5)48)43(10)22-23-46-28-45(46)21-20-35(41(6,7)33(45)18-19-34(46)44(40,43)11)53-36-27-47(24-25-50-36)31-16-15-17-31;1-23-20-26(34(36(5,6)44)46-24(2)42)47-32-31(23)37(7)16-17-40-22-39(40)15-14-29(48-30-21-41(18-19-45-30)25-10-9-11-25)35(3,4)27(39)12-13-28(40)38(37,8)33(32)43/h29,31-40,49H,12-28H2,1-11H3;23,25-34,43-44H,9-22H2,1-8H3/t29-,32-,33+,34+,35+,36+,37+,38+,39+,40+,43-,44-,45?,46+;23-,26-,27+,28+,29+,30+,31+,32+,33+,34+,37-,38-,39?,40+/m11/s1. The van der Waals surface area contributed by atoms with Crippen molar-refractivity contribution in [3.63, 3.8) is 0 Å². The van der Waals surface area contributed by atoms with Crippen LogP contribution in [0, 0.1) is 101 Å². The molecule has 28 atom stereocenters. The number of carbonyl (C=O) groups excluding carboxylic acids is 2. The van der Waals surface area contributed by atoms with Gasteiger partial charge in [-0.2, -0.15) is 0 Å². The molecule has 16 rings (SSSR count). The Bertz CT molecular complexity index is 3120. The molecular weight excluding hydrogens is 1310 g/mol. The minimum atomic E-state index is -2.06. The normalized spacial score (nSPS) is 49.5. The lowest BCUT2D eigenvalue weighted by atomic mass is 9.41. The molecule has 16 aliphatic rings. The highest BCUT2D eigenvalue weighted by atomic mass is 28.4. The molecular formula is C86H144N2O14Si. The minimum absolute atomic E-state index is 0.00910. The van der Waals surface area contributed by atoms with Crippen LogP contribution in [0.25, 0.3) is 0 Å². The number of aliphatic hydroxyl groups excluding tert-OH is 1. The molecule has 16 nitrogen and oxygen atoms in total. The molecule has 4 heterocycles. The first-order chi connectivity index (χ1) is 48.4. The van der Waals surface area contributed by atoms with Gasteiger partial charge in [0.2, 0.25) is 0 Å². The summed E-state index contributed by atoms with van der Waals surface area (Å²) < 4.78 is 60.4. The number of rotatable bonds is 17. The number of carbonyl (C=O) groups is 2. The van der Waals surface area contributed by atoms with E-state index in [0.717, 1.165) is 102 Å². The van der Waals surface area contributed by atoms with Crippen LogP contribution >= 0.6 is 0 Å². The Morgan fingerprint density at radius 1 is 0.534 bits per heavy atom. The molecule has 4 saturated heterocycles. The van der Waals surface area contributed by atoms with Gasteiger partial charge in [0, 0.05) is 62.9 Å². The third-order valence-corrected chi connectivity index (χ3v) is 41.0. The molecule has 2 unspecified atom stereocenters. The SMILES string of the molecule is CC(=O)O[C@@H]([C@H]1C[C@@H](C)[C@H]2[C@H](O1)[C@H](O)[C@@]1(C)[C@@H]3CC[C@H]4C(C)(C)[C@@H](O[C@H]5CN(C6CCC6)CCO5)CCC45C[C@@]35CC[C@]21C)C(C)(C)O.CC[Si](CC)(CC)O[C@H]1[C@H]2O[C@@H]([C@H](OC(C)=O)C(C)(C)O)C[C@@H](C)[C@@H]2[C@@]2(C)CC[C@@]34CC35CC[C@H](O[C@H]3CN(C6CCC6)CCO3)C(C)(C)[C@@H]5CC[C@H]4[C@]12C. The maximum Gasteiger partial charge on any atom is 0.303 e. The number of nitrogens with zero attached hydrogens (tertiary/aromatic N) is 2. The van der Waals surface area contributed by atoms with Gasteiger partial charge in [-0.25, -0.2) is 0 Å². The third kappa shape index (κ3) is 11.4. The Morgan fingerprint density at radius 2 is 0.922 bits per heavy atom. The van der Waals surface area contributed by atoms with Crippen molar-refractivity contribution in [3.8, 4) is 0 Å². The van der Waals surface area contributed by atoms with Crippen LogP contribution in [-0.2, 0) is 51.9 Å². The molecule has 0 aromatic rings. The number of ether oxygens (including phenoxy) is 8.